The molecule has 1 aliphatic rings. The third-order valence-electron chi connectivity index (χ3n) is 7.14. The van der Waals surface area contributed by atoms with Gasteiger partial charge >= 0.3 is 5.69 Å². The van der Waals surface area contributed by atoms with Crippen molar-refractivity contribution in [3.63, 3.8) is 0 Å². The molecule has 0 bridgehead atoms. The van der Waals surface area contributed by atoms with Crippen LogP contribution >= 0.6 is 0 Å². The number of hydrogen-bond acceptors (Lipinski definition) is 5. The number of fused-ring (bicyclic) bond motifs is 1. The van der Waals surface area contributed by atoms with Crippen LogP contribution in [0.3, 0.4) is 0 Å². The fourth-order valence-electron chi connectivity index (χ4n) is 5.15. The highest BCUT2D eigenvalue weighted by Crippen LogP contribution is 2.29. The average Bonchev–Trinajstić information content (AvgIpc) is 3.56. The number of likely N-dealkylation sites (tertiary alicyclic amines) is 1. The molecule has 9 nitrogen and oxygen atoms in total. The maximum absolute atomic E-state index is 14.3. The molecule has 1 fully saturated rings. The number of carbonyl (C=O) groups excluding carboxylic acids is 1. The Balaban J connectivity index is 1.29. The SMILES string of the molecule is N#Cc1cc2[nH]c(=O)n(C3CCN(C(=O)c4cc(-c5cccnc5)n(-c5cc(F)c(F)c(F)c5)n4)CC3)c2cc1F. The summed E-state index contributed by atoms with van der Waals surface area (Å²) in [6.07, 6.45) is 3.79. The summed E-state index contributed by atoms with van der Waals surface area (Å²) in [5, 5.41) is 13.4. The van der Waals surface area contributed by atoms with Gasteiger partial charge < -0.3 is 9.88 Å². The van der Waals surface area contributed by atoms with E-state index in [2.05, 4.69) is 15.1 Å². The number of rotatable bonds is 4. The van der Waals surface area contributed by atoms with Crippen molar-refractivity contribution in [1.29, 1.82) is 5.26 Å². The fraction of sp³-hybridized carbons (Fsp3) is 0.179. The maximum atomic E-state index is 14.3. The van der Waals surface area contributed by atoms with Crippen LogP contribution in [0.4, 0.5) is 17.6 Å². The van der Waals surface area contributed by atoms with Crippen molar-refractivity contribution >= 4 is 16.9 Å². The molecule has 0 atom stereocenters. The highest BCUT2D eigenvalue weighted by atomic mass is 19.2. The summed E-state index contributed by atoms with van der Waals surface area (Å²) in [6.45, 7) is 0.493. The summed E-state index contributed by atoms with van der Waals surface area (Å²) >= 11 is 0. The van der Waals surface area contributed by atoms with E-state index in [9.17, 15) is 27.2 Å². The minimum atomic E-state index is -1.62. The predicted molar refractivity (Wildman–Crippen MR) is 138 cm³/mol. The number of imidazole rings is 1. The van der Waals surface area contributed by atoms with Crippen molar-refractivity contribution in [3.8, 4) is 23.0 Å². The molecule has 2 aromatic carbocycles. The first kappa shape index (κ1) is 26.0. The Hall–Kier alpha value is -5.25. The maximum Gasteiger partial charge on any atom is 0.326 e. The first-order chi connectivity index (χ1) is 19.7. The number of nitrogens with one attached hydrogen (secondary N) is 1. The molecule has 3 aromatic heterocycles. The van der Waals surface area contributed by atoms with Gasteiger partial charge in [0.05, 0.1) is 28.0 Å². The van der Waals surface area contributed by atoms with E-state index in [1.807, 2.05) is 0 Å². The van der Waals surface area contributed by atoms with E-state index in [0.29, 0.717) is 35.1 Å². The van der Waals surface area contributed by atoms with Gasteiger partial charge in [0.25, 0.3) is 5.91 Å². The van der Waals surface area contributed by atoms with Gasteiger partial charge in [0.15, 0.2) is 23.1 Å². The summed E-state index contributed by atoms with van der Waals surface area (Å²) in [4.78, 5) is 34.4. The van der Waals surface area contributed by atoms with Crippen molar-refractivity contribution in [1.82, 2.24) is 29.2 Å². The largest absolute Gasteiger partial charge is 0.337 e. The van der Waals surface area contributed by atoms with E-state index in [1.54, 1.807) is 18.2 Å². The number of amides is 1. The van der Waals surface area contributed by atoms with Crippen LogP contribution < -0.4 is 5.69 Å². The Morgan fingerprint density at radius 3 is 2.41 bits per heavy atom. The van der Waals surface area contributed by atoms with Crippen LogP contribution in [0.25, 0.3) is 28.0 Å². The molecule has 0 unspecified atom stereocenters. The summed E-state index contributed by atoms with van der Waals surface area (Å²) in [5.74, 6) is -5.61. The summed E-state index contributed by atoms with van der Waals surface area (Å²) in [5.41, 5.74) is 0.731. The molecule has 1 saturated heterocycles. The number of hydrogen-bond donors (Lipinski definition) is 1. The predicted octanol–water partition coefficient (Wildman–Crippen LogP) is 4.48. The Morgan fingerprint density at radius 1 is 1.02 bits per heavy atom. The lowest BCUT2D eigenvalue weighted by Crippen LogP contribution is -2.40. The number of aromatic amines is 1. The van der Waals surface area contributed by atoms with Crippen LogP contribution in [0.15, 0.2) is 59.7 Å². The second kappa shape index (κ2) is 10.1. The minimum absolute atomic E-state index is 0.0113. The molecule has 1 aliphatic heterocycles. The van der Waals surface area contributed by atoms with Gasteiger partial charge in [0.2, 0.25) is 0 Å². The molecule has 41 heavy (non-hydrogen) atoms. The van der Waals surface area contributed by atoms with E-state index in [4.69, 9.17) is 5.26 Å². The smallest absolute Gasteiger partial charge is 0.326 e. The molecule has 0 saturated carbocycles. The van der Waals surface area contributed by atoms with Gasteiger partial charge in [-0.05, 0) is 37.1 Å². The van der Waals surface area contributed by atoms with Crippen LogP contribution in [0.1, 0.15) is 34.9 Å². The zero-order chi connectivity index (χ0) is 28.8. The van der Waals surface area contributed by atoms with Crippen LogP contribution in [0.5, 0.6) is 0 Å². The van der Waals surface area contributed by atoms with Crippen LogP contribution in [-0.4, -0.2) is 48.2 Å². The van der Waals surface area contributed by atoms with Gasteiger partial charge in [-0.25, -0.2) is 27.0 Å². The third-order valence-corrected chi connectivity index (χ3v) is 7.14. The van der Waals surface area contributed by atoms with Gasteiger partial charge in [-0.1, -0.05) is 0 Å². The molecule has 13 heteroatoms. The molecule has 206 valence electrons. The second-order valence-electron chi connectivity index (χ2n) is 9.58. The molecule has 6 rings (SSSR count). The van der Waals surface area contributed by atoms with Crippen molar-refractivity contribution in [2.45, 2.75) is 18.9 Å². The lowest BCUT2D eigenvalue weighted by atomic mass is 10.0. The van der Waals surface area contributed by atoms with Gasteiger partial charge in [-0.2, -0.15) is 10.4 Å². The number of benzene rings is 2. The average molecular weight is 561 g/mol. The normalized spacial score (nSPS) is 14.0. The van der Waals surface area contributed by atoms with Crippen molar-refractivity contribution in [2.75, 3.05) is 13.1 Å². The number of halogens is 4. The number of nitriles is 1. The molecular formula is C28H19F4N7O2. The van der Waals surface area contributed by atoms with Crippen molar-refractivity contribution < 1.29 is 22.4 Å². The Morgan fingerprint density at radius 2 is 1.76 bits per heavy atom. The van der Waals surface area contributed by atoms with Crippen molar-refractivity contribution in [2.24, 2.45) is 0 Å². The topological polar surface area (TPSA) is 113 Å². The standard InChI is InChI=1S/C28H19F4N7O2/c29-19-11-25-22(8-16(19)13-33)35-28(41)38(25)17-3-6-37(7-4-17)27(40)23-12-24(15-2-1-5-34-14-15)39(36-23)18-9-20(30)26(32)21(31)10-18/h1-2,5,8-12,14,17H,3-4,6-7H2,(H,35,41). The number of piperidine rings is 1. The van der Waals surface area contributed by atoms with Crippen molar-refractivity contribution in [3.05, 3.63) is 99.9 Å². The zero-order valence-electron chi connectivity index (χ0n) is 21.1. The molecule has 5 aromatic rings. The molecule has 0 radical (unpaired) electrons. The summed E-state index contributed by atoms with van der Waals surface area (Å²) in [6, 6.07) is 10.2. The molecule has 0 aliphatic carbocycles. The van der Waals surface area contributed by atoms with E-state index < -0.39 is 34.9 Å². The highest BCUT2D eigenvalue weighted by Gasteiger charge is 2.29. The third kappa shape index (κ3) is 4.53. The van der Waals surface area contributed by atoms with Gasteiger partial charge in [0, 0.05) is 55.3 Å². The lowest BCUT2D eigenvalue weighted by Gasteiger charge is -2.32. The van der Waals surface area contributed by atoms with Crippen LogP contribution in [-0.2, 0) is 0 Å². The number of aromatic nitrogens is 5. The zero-order valence-corrected chi connectivity index (χ0v) is 21.1. The molecule has 1 amide bonds. The Bertz CT molecular complexity index is 1890. The first-order valence-corrected chi connectivity index (χ1v) is 12.5. The number of nitrogens with zero attached hydrogens (tertiary/aromatic N) is 6. The second-order valence-corrected chi connectivity index (χ2v) is 9.58. The Kier molecular flexibility index (Phi) is 6.37. The molecule has 4 heterocycles. The Labute approximate surface area is 228 Å². The first-order valence-electron chi connectivity index (χ1n) is 12.5. The molecule has 0 spiro atoms. The van der Waals surface area contributed by atoms with Crippen LogP contribution in [0.2, 0.25) is 0 Å². The lowest BCUT2D eigenvalue weighted by molar-refractivity contribution is 0.0688. The number of pyridine rings is 1. The number of H-pyrrole nitrogens is 1. The van der Waals surface area contributed by atoms with Gasteiger partial charge in [-0.3, -0.25) is 14.3 Å². The monoisotopic (exact) mass is 561 g/mol. The van der Waals surface area contributed by atoms with Gasteiger partial charge in [0.1, 0.15) is 11.9 Å². The molecule has 1 N–H and O–H groups in total. The van der Waals surface area contributed by atoms with Gasteiger partial charge in [-0.15, -0.1) is 0 Å². The van der Waals surface area contributed by atoms with Crippen LogP contribution in [0, 0.1) is 34.6 Å². The minimum Gasteiger partial charge on any atom is -0.337 e. The summed E-state index contributed by atoms with van der Waals surface area (Å²) < 4.78 is 58.6. The van der Waals surface area contributed by atoms with E-state index in [-0.39, 0.29) is 36.1 Å². The summed E-state index contributed by atoms with van der Waals surface area (Å²) in [7, 11) is 0. The fourth-order valence-corrected chi connectivity index (χ4v) is 5.15. The highest BCUT2D eigenvalue weighted by molar-refractivity contribution is 5.93. The number of carbonyl (C=O) groups is 1. The quantitative estimate of drug-likeness (QED) is 0.257. The van der Waals surface area contributed by atoms with E-state index in [0.717, 1.165) is 22.9 Å². The molecular weight excluding hydrogens is 542 g/mol. The van der Waals surface area contributed by atoms with E-state index >= 15 is 0 Å². The van der Waals surface area contributed by atoms with E-state index in [1.165, 1.54) is 34.0 Å².